The SMILES string of the molecule is CC1CCC(OC(=O)OC2CCC(C)CC2)CC1. The van der Waals surface area contributed by atoms with Gasteiger partial charge in [-0.2, -0.15) is 0 Å². The van der Waals surface area contributed by atoms with E-state index in [0.29, 0.717) is 0 Å². The fraction of sp³-hybridized carbons (Fsp3) is 0.933. The third kappa shape index (κ3) is 4.18. The van der Waals surface area contributed by atoms with Crippen LogP contribution in [0.5, 0.6) is 0 Å². The van der Waals surface area contributed by atoms with Gasteiger partial charge in [0.25, 0.3) is 0 Å². The van der Waals surface area contributed by atoms with E-state index in [1.54, 1.807) is 0 Å². The molecule has 104 valence electrons. The van der Waals surface area contributed by atoms with E-state index in [1.165, 1.54) is 25.7 Å². The van der Waals surface area contributed by atoms with E-state index in [0.717, 1.165) is 37.5 Å². The van der Waals surface area contributed by atoms with Crippen LogP contribution in [0.2, 0.25) is 0 Å². The monoisotopic (exact) mass is 254 g/mol. The summed E-state index contributed by atoms with van der Waals surface area (Å²) in [5.41, 5.74) is 0. The molecule has 0 heterocycles. The van der Waals surface area contributed by atoms with Crippen LogP contribution in [0.25, 0.3) is 0 Å². The summed E-state index contributed by atoms with van der Waals surface area (Å²) in [6, 6.07) is 0. The van der Waals surface area contributed by atoms with Crippen LogP contribution in [0.15, 0.2) is 0 Å². The van der Waals surface area contributed by atoms with Crippen molar-refractivity contribution < 1.29 is 14.3 Å². The van der Waals surface area contributed by atoms with Crippen LogP contribution in [-0.4, -0.2) is 18.4 Å². The lowest BCUT2D eigenvalue weighted by atomic mass is 9.89. The second-order valence-electron chi connectivity index (χ2n) is 6.25. The normalized spacial score (nSPS) is 37.0. The molecule has 3 heteroatoms. The Labute approximate surface area is 110 Å². The van der Waals surface area contributed by atoms with Crippen molar-refractivity contribution in [3.05, 3.63) is 0 Å². The maximum absolute atomic E-state index is 11.7. The maximum atomic E-state index is 11.7. The molecule has 0 spiro atoms. The molecule has 2 fully saturated rings. The fourth-order valence-electron chi connectivity index (χ4n) is 2.99. The van der Waals surface area contributed by atoms with Crippen molar-refractivity contribution in [3.8, 4) is 0 Å². The number of hydrogen-bond donors (Lipinski definition) is 0. The maximum Gasteiger partial charge on any atom is 0.508 e. The predicted octanol–water partition coefficient (Wildman–Crippen LogP) is 4.30. The van der Waals surface area contributed by atoms with E-state index >= 15 is 0 Å². The van der Waals surface area contributed by atoms with Crippen molar-refractivity contribution in [1.29, 1.82) is 0 Å². The standard InChI is InChI=1S/C15H26O3/c1-11-3-7-13(8-4-11)17-15(16)18-14-9-5-12(2)6-10-14/h11-14H,3-10H2,1-2H3. The summed E-state index contributed by atoms with van der Waals surface area (Å²) in [4.78, 5) is 11.7. The molecule has 0 N–H and O–H groups in total. The van der Waals surface area contributed by atoms with Crippen LogP contribution < -0.4 is 0 Å². The molecule has 0 aromatic carbocycles. The van der Waals surface area contributed by atoms with E-state index in [4.69, 9.17) is 9.47 Å². The Hall–Kier alpha value is -0.730. The van der Waals surface area contributed by atoms with E-state index < -0.39 is 6.16 Å². The highest BCUT2D eigenvalue weighted by Crippen LogP contribution is 2.28. The van der Waals surface area contributed by atoms with Gasteiger partial charge in [-0.05, 0) is 63.2 Å². The summed E-state index contributed by atoms with van der Waals surface area (Å²) in [7, 11) is 0. The first-order valence-corrected chi connectivity index (χ1v) is 7.50. The van der Waals surface area contributed by atoms with Gasteiger partial charge in [0.2, 0.25) is 0 Å². The first kappa shape index (κ1) is 13.7. The van der Waals surface area contributed by atoms with Crippen molar-refractivity contribution in [1.82, 2.24) is 0 Å². The van der Waals surface area contributed by atoms with Gasteiger partial charge in [0.05, 0.1) is 0 Å². The molecule has 2 saturated carbocycles. The van der Waals surface area contributed by atoms with Gasteiger partial charge in [0.15, 0.2) is 0 Å². The third-order valence-electron chi connectivity index (χ3n) is 4.45. The molecule has 2 aliphatic carbocycles. The van der Waals surface area contributed by atoms with E-state index in [2.05, 4.69) is 13.8 Å². The minimum absolute atomic E-state index is 0.0937. The van der Waals surface area contributed by atoms with Gasteiger partial charge in [-0.25, -0.2) is 4.79 Å². The molecule has 0 aromatic rings. The second kappa shape index (κ2) is 6.44. The molecular formula is C15H26O3. The van der Waals surface area contributed by atoms with Crippen LogP contribution in [0.3, 0.4) is 0 Å². The summed E-state index contributed by atoms with van der Waals surface area (Å²) >= 11 is 0. The van der Waals surface area contributed by atoms with Gasteiger partial charge < -0.3 is 9.47 Å². The fourth-order valence-corrected chi connectivity index (χ4v) is 2.99. The van der Waals surface area contributed by atoms with Crippen LogP contribution >= 0.6 is 0 Å². The van der Waals surface area contributed by atoms with Crippen LogP contribution in [0, 0.1) is 11.8 Å². The van der Waals surface area contributed by atoms with Crippen molar-refractivity contribution in [2.45, 2.75) is 77.4 Å². The van der Waals surface area contributed by atoms with Gasteiger partial charge in [0.1, 0.15) is 12.2 Å². The number of rotatable bonds is 2. The average Bonchev–Trinajstić information content (AvgIpc) is 2.35. The Kier molecular flexibility index (Phi) is 4.90. The van der Waals surface area contributed by atoms with Gasteiger partial charge in [-0.1, -0.05) is 13.8 Å². The first-order chi connectivity index (χ1) is 8.63. The Bertz CT molecular complexity index is 235. The lowest BCUT2D eigenvalue weighted by Crippen LogP contribution is -2.28. The Balaban J connectivity index is 1.66. The van der Waals surface area contributed by atoms with Gasteiger partial charge >= 0.3 is 6.16 Å². The first-order valence-electron chi connectivity index (χ1n) is 7.50. The topological polar surface area (TPSA) is 35.5 Å². The third-order valence-corrected chi connectivity index (χ3v) is 4.45. The number of hydrogen-bond acceptors (Lipinski definition) is 3. The van der Waals surface area contributed by atoms with Crippen molar-refractivity contribution >= 4 is 6.16 Å². The van der Waals surface area contributed by atoms with Crippen LogP contribution in [0.4, 0.5) is 4.79 Å². The van der Waals surface area contributed by atoms with Gasteiger partial charge in [-0.3, -0.25) is 0 Å². The highest BCUT2D eigenvalue weighted by Gasteiger charge is 2.25. The van der Waals surface area contributed by atoms with E-state index in [-0.39, 0.29) is 12.2 Å². The number of ether oxygens (including phenoxy) is 2. The molecule has 0 aliphatic heterocycles. The highest BCUT2D eigenvalue weighted by atomic mass is 16.7. The minimum atomic E-state index is -0.436. The summed E-state index contributed by atoms with van der Waals surface area (Å²) in [5.74, 6) is 1.56. The van der Waals surface area contributed by atoms with Crippen molar-refractivity contribution in [3.63, 3.8) is 0 Å². The number of carbonyl (C=O) groups is 1. The highest BCUT2D eigenvalue weighted by molar-refractivity contribution is 5.60. The smallest absolute Gasteiger partial charge is 0.431 e. The molecule has 18 heavy (non-hydrogen) atoms. The minimum Gasteiger partial charge on any atom is -0.431 e. The van der Waals surface area contributed by atoms with E-state index in [1.807, 2.05) is 0 Å². The zero-order valence-corrected chi connectivity index (χ0v) is 11.7. The summed E-state index contributed by atoms with van der Waals surface area (Å²) < 4.78 is 10.8. The van der Waals surface area contributed by atoms with Crippen LogP contribution in [-0.2, 0) is 9.47 Å². The molecule has 0 aromatic heterocycles. The van der Waals surface area contributed by atoms with E-state index in [9.17, 15) is 4.79 Å². The number of carbonyl (C=O) groups excluding carboxylic acids is 1. The molecule has 0 bridgehead atoms. The molecule has 0 unspecified atom stereocenters. The molecule has 0 saturated heterocycles. The van der Waals surface area contributed by atoms with Crippen molar-refractivity contribution in [2.24, 2.45) is 11.8 Å². The van der Waals surface area contributed by atoms with Gasteiger partial charge in [-0.15, -0.1) is 0 Å². The van der Waals surface area contributed by atoms with Crippen molar-refractivity contribution in [2.75, 3.05) is 0 Å². The van der Waals surface area contributed by atoms with Crippen LogP contribution in [0.1, 0.15) is 65.2 Å². The molecule has 0 radical (unpaired) electrons. The summed E-state index contributed by atoms with van der Waals surface area (Å²) in [6.45, 7) is 4.52. The summed E-state index contributed by atoms with van der Waals surface area (Å²) in [6.07, 6.45) is 8.41. The zero-order chi connectivity index (χ0) is 13.0. The molecule has 0 atom stereocenters. The second-order valence-corrected chi connectivity index (χ2v) is 6.25. The molecule has 2 aliphatic rings. The molecule has 3 nitrogen and oxygen atoms in total. The Morgan fingerprint density at radius 1 is 0.722 bits per heavy atom. The quantitative estimate of drug-likeness (QED) is 0.689. The molecular weight excluding hydrogens is 228 g/mol. The predicted molar refractivity (Wildman–Crippen MR) is 70.4 cm³/mol. The van der Waals surface area contributed by atoms with Gasteiger partial charge in [0, 0.05) is 0 Å². The largest absolute Gasteiger partial charge is 0.508 e. The molecule has 2 rings (SSSR count). The summed E-state index contributed by atoms with van der Waals surface area (Å²) in [5, 5.41) is 0. The Morgan fingerprint density at radius 2 is 1.06 bits per heavy atom. The zero-order valence-electron chi connectivity index (χ0n) is 11.7. The lowest BCUT2D eigenvalue weighted by molar-refractivity contribution is -0.0247. The molecule has 0 amide bonds. The lowest BCUT2D eigenvalue weighted by Gasteiger charge is -2.28. The Morgan fingerprint density at radius 3 is 1.39 bits per heavy atom. The average molecular weight is 254 g/mol.